The van der Waals surface area contributed by atoms with Crippen LogP contribution in [0.1, 0.15) is 26.2 Å². The summed E-state index contributed by atoms with van der Waals surface area (Å²) in [6, 6.07) is 0. The molecule has 0 nitrogen and oxygen atoms in total. The number of halogens is 1. The Kier molecular flexibility index (Phi) is 8.79. The minimum Gasteiger partial charge on any atom is -0.0836 e. The third-order valence-electron chi connectivity index (χ3n) is 0.905. The van der Waals surface area contributed by atoms with Gasteiger partial charge in [-0.2, -0.15) is 0 Å². The van der Waals surface area contributed by atoms with Gasteiger partial charge in [-0.3, -0.25) is 0 Å². The highest BCUT2D eigenvalue weighted by Crippen LogP contribution is 2.21. The Morgan fingerprint density at radius 1 is 1.62 bits per heavy atom. The quantitative estimate of drug-likeness (QED) is 0.400. The summed E-state index contributed by atoms with van der Waals surface area (Å²) in [6.07, 6.45) is 7.16. The molecule has 0 spiro atoms. The zero-order chi connectivity index (χ0) is 6.24. The van der Waals surface area contributed by atoms with Gasteiger partial charge < -0.3 is 0 Å². The zero-order valence-electron chi connectivity index (χ0n) is 5.15. The van der Waals surface area contributed by atoms with Crippen molar-refractivity contribution in [3.63, 3.8) is 0 Å². The minimum atomic E-state index is 0.958. The summed E-state index contributed by atoms with van der Waals surface area (Å²) in [7, 11) is 0. The lowest BCUT2D eigenvalue weighted by Crippen LogP contribution is -1.63. The Bertz CT molecular complexity index is 61.5. The van der Waals surface area contributed by atoms with Gasteiger partial charge >= 0.3 is 0 Å². The first-order valence-electron chi connectivity index (χ1n) is 2.93. The number of hydrogen-bond donors (Lipinski definition) is 0. The van der Waals surface area contributed by atoms with Crippen molar-refractivity contribution in [2.24, 2.45) is 0 Å². The van der Waals surface area contributed by atoms with Gasteiger partial charge in [0.25, 0.3) is 0 Å². The Morgan fingerprint density at radius 2 is 2.38 bits per heavy atom. The molecule has 8 heavy (non-hydrogen) atoms. The highest BCUT2D eigenvalue weighted by Gasteiger charge is 1.75. The van der Waals surface area contributed by atoms with Crippen LogP contribution >= 0.6 is 28.3 Å². The summed E-state index contributed by atoms with van der Waals surface area (Å²) in [5.41, 5.74) is 0. The largest absolute Gasteiger partial charge is 0.0836 e. The molecule has 1 unspecified atom stereocenters. The Labute approximate surface area is 66.4 Å². The fourth-order valence-corrected chi connectivity index (χ4v) is 1.47. The maximum absolute atomic E-state index is 2.38. The molecule has 0 aliphatic heterocycles. The summed E-state index contributed by atoms with van der Waals surface area (Å²) >= 11 is 2.38. The molecule has 0 saturated heterocycles. The molecule has 1 atom stereocenters. The number of rotatable bonds is 4. The monoisotopic (exact) mass is 242 g/mol. The second-order valence-corrected chi connectivity index (χ2v) is 4.07. The van der Waals surface area contributed by atoms with Crippen LogP contribution < -0.4 is 0 Å². The second-order valence-electron chi connectivity index (χ2n) is 1.65. The third-order valence-corrected chi connectivity index (χ3v) is 2.35. The number of allylic oxidation sites excluding steroid dienone is 1. The van der Waals surface area contributed by atoms with Gasteiger partial charge in [0.2, 0.25) is 0 Å². The molecule has 2 heteroatoms. The van der Waals surface area contributed by atoms with Crippen LogP contribution in [-0.4, -0.2) is 0 Å². The SMILES string of the molecule is CCCC/C=C\PI. The predicted octanol–water partition coefficient (Wildman–Crippen LogP) is 3.72. The molecule has 0 fully saturated rings. The standard InChI is InChI=1S/C6H12IP/c1-2-3-4-5-6-8-7/h5-6,8H,2-4H2,1H3/b6-5-. The molecule has 0 radical (unpaired) electrons. The van der Waals surface area contributed by atoms with Crippen LogP contribution in [0.3, 0.4) is 0 Å². The molecular formula is C6H12IP. The maximum Gasteiger partial charge on any atom is -0.0321 e. The van der Waals surface area contributed by atoms with E-state index in [0.29, 0.717) is 0 Å². The molecule has 0 saturated carbocycles. The Morgan fingerprint density at radius 3 is 2.88 bits per heavy atom. The summed E-state index contributed by atoms with van der Waals surface area (Å²) in [5, 5.41) is 0. The van der Waals surface area contributed by atoms with E-state index in [1.54, 1.807) is 0 Å². The van der Waals surface area contributed by atoms with Crippen LogP contribution in [-0.2, 0) is 0 Å². The number of unbranched alkanes of at least 4 members (excludes halogenated alkanes) is 2. The van der Waals surface area contributed by atoms with Crippen LogP contribution in [0.2, 0.25) is 0 Å². The fraction of sp³-hybridized carbons (Fsp3) is 0.667. The summed E-state index contributed by atoms with van der Waals surface area (Å²) in [4.78, 5) is 0. The average Bonchev–Trinajstić information content (AvgIpc) is 1.81. The zero-order valence-corrected chi connectivity index (χ0v) is 8.31. The van der Waals surface area contributed by atoms with Crippen molar-refractivity contribution in [2.75, 3.05) is 0 Å². The van der Waals surface area contributed by atoms with E-state index in [1.165, 1.54) is 19.3 Å². The second kappa shape index (κ2) is 7.90. The van der Waals surface area contributed by atoms with Crippen molar-refractivity contribution in [2.45, 2.75) is 26.2 Å². The molecule has 0 aromatic rings. The van der Waals surface area contributed by atoms with Crippen molar-refractivity contribution < 1.29 is 0 Å². The van der Waals surface area contributed by atoms with E-state index >= 15 is 0 Å². The first kappa shape index (κ1) is 8.90. The van der Waals surface area contributed by atoms with E-state index in [9.17, 15) is 0 Å². The summed E-state index contributed by atoms with van der Waals surface area (Å²) < 4.78 is 0. The van der Waals surface area contributed by atoms with Crippen LogP contribution in [0.15, 0.2) is 11.9 Å². The molecule has 0 aromatic carbocycles. The van der Waals surface area contributed by atoms with Gasteiger partial charge in [0, 0.05) is 0 Å². The van der Waals surface area contributed by atoms with Crippen LogP contribution in [0.5, 0.6) is 0 Å². The third kappa shape index (κ3) is 6.90. The van der Waals surface area contributed by atoms with Crippen LogP contribution in [0.25, 0.3) is 0 Å². The van der Waals surface area contributed by atoms with Crippen molar-refractivity contribution in [1.82, 2.24) is 0 Å². The smallest absolute Gasteiger partial charge is 0.0321 e. The molecule has 0 rings (SSSR count). The molecule has 0 N–H and O–H groups in total. The minimum absolute atomic E-state index is 0.958. The normalized spacial score (nSPS) is 12.2. The molecule has 48 valence electrons. The van der Waals surface area contributed by atoms with E-state index in [0.717, 1.165) is 6.22 Å². The van der Waals surface area contributed by atoms with Gasteiger partial charge in [0.1, 0.15) is 0 Å². The molecule has 0 amide bonds. The van der Waals surface area contributed by atoms with Crippen LogP contribution in [0.4, 0.5) is 0 Å². The van der Waals surface area contributed by atoms with Crippen molar-refractivity contribution >= 4 is 28.3 Å². The first-order chi connectivity index (χ1) is 3.91. The Balaban J connectivity index is 2.80. The lowest BCUT2D eigenvalue weighted by molar-refractivity contribution is 0.815. The van der Waals surface area contributed by atoms with Crippen LogP contribution in [0, 0.1) is 0 Å². The maximum atomic E-state index is 2.38. The van der Waals surface area contributed by atoms with E-state index in [1.807, 2.05) is 0 Å². The summed E-state index contributed by atoms with van der Waals surface area (Å²) in [6.45, 7) is 2.22. The molecular weight excluding hydrogens is 230 g/mol. The van der Waals surface area contributed by atoms with Gasteiger partial charge in [-0.1, -0.05) is 53.7 Å². The van der Waals surface area contributed by atoms with E-state index in [4.69, 9.17) is 0 Å². The Hall–Kier alpha value is 0.900. The van der Waals surface area contributed by atoms with Gasteiger partial charge in [-0.05, 0) is 12.6 Å². The molecule has 0 aromatic heterocycles. The topological polar surface area (TPSA) is 0 Å². The van der Waals surface area contributed by atoms with Crippen molar-refractivity contribution in [1.29, 1.82) is 0 Å². The number of hydrogen-bond acceptors (Lipinski definition) is 0. The molecule has 0 heterocycles. The molecule has 0 aliphatic carbocycles. The van der Waals surface area contributed by atoms with Gasteiger partial charge in [-0.15, -0.1) is 0 Å². The highest BCUT2D eigenvalue weighted by atomic mass is 127. The first-order valence-corrected chi connectivity index (χ1v) is 7.12. The van der Waals surface area contributed by atoms with E-state index in [2.05, 4.69) is 40.9 Å². The van der Waals surface area contributed by atoms with Crippen molar-refractivity contribution in [3.8, 4) is 0 Å². The van der Waals surface area contributed by atoms with Gasteiger partial charge in [-0.25, -0.2) is 0 Å². The van der Waals surface area contributed by atoms with E-state index in [-0.39, 0.29) is 0 Å². The van der Waals surface area contributed by atoms with Crippen molar-refractivity contribution in [3.05, 3.63) is 11.9 Å². The molecule has 0 aliphatic rings. The summed E-state index contributed by atoms with van der Waals surface area (Å²) in [5.74, 6) is 2.25. The van der Waals surface area contributed by atoms with E-state index < -0.39 is 0 Å². The fourth-order valence-electron chi connectivity index (χ4n) is 0.450. The van der Waals surface area contributed by atoms with Gasteiger partial charge in [0.05, 0.1) is 0 Å². The average molecular weight is 242 g/mol. The lowest BCUT2D eigenvalue weighted by Gasteiger charge is -1.85. The highest BCUT2D eigenvalue weighted by molar-refractivity contribution is 14.2. The predicted molar refractivity (Wildman–Crippen MR) is 51.0 cm³/mol. The lowest BCUT2D eigenvalue weighted by atomic mass is 10.2. The van der Waals surface area contributed by atoms with Gasteiger partial charge in [0.15, 0.2) is 0 Å². The molecule has 0 bridgehead atoms.